The molecule has 9 heteroatoms. The third-order valence-corrected chi connectivity index (χ3v) is 5.30. The van der Waals surface area contributed by atoms with E-state index < -0.39 is 39.6 Å². The largest absolute Gasteiger partial charge is 0.480 e. The third kappa shape index (κ3) is 2.09. The van der Waals surface area contributed by atoms with Gasteiger partial charge in [-0.1, -0.05) is 0 Å². The molecular formula is C11H18N2O6S. The van der Waals surface area contributed by atoms with Crippen molar-refractivity contribution in [1.29, 1.82) is 0 Å². The van der Waals surface area contributed by atoms with Gasteiger partial charge in [-0.3, -0.25) is 4.79 Å². The Hall–Kier alpha value is -1.19. The van der Waals surface area contributed by atoms with E-state index >= 15 is 0 Å². The van der Waals surface area contributed by atoms with Crippen LogP contribution in [0.15, 0.2) is 0 Å². The zero-order valence-corrected chi connectivity index (χ0v) is 12.1. The number of carboxylic acid groups (broad SMARTS) is 1. The van der Waals surface area contributed by atoms with Crippen molar-refractivity contribution in [1.82, 2.24) is 9.21 Å². The smallest absolute Gasteiger partial charge is 0.329 e. The Kier molecular flexibility index (Phi) is 3.55. The molecule has 2 heterocycles. The van der Waals surface area contributed by atoms with E-state index in [4.69, 9.17) is 5.11 Å². The zero-order chi connectivity index (χ0) is 15.3. The highest BCUT2D eigenvalue weighted by atomic mass is 32.2. The minimum atomic E-state index is -3.52. The number of rotatable bonds is 4. The van der Waals surface area contributed by atoms with E-state index in [-0.39, 0.29) is 13.1 Å². The molecule has 0 aromatic heterocycles. The minimum Gasteiger partial charge on any atom is -0.480 e. The number of β-lactam (4-membered cyclic amide) rings is 1. The van der Waals surface area contributed by atoms with Crippen LogP contribution in [-0.4, -0.2) is 76.7 Å². The molecule has 1 spiro atoms. The van der Waals surface area contributed by atoms with Gasteiger partial charge in [-0.15, -0.1) is 0 Å². The molecule has 0 aromatic rings. The molecule has 8 nitrogen and oxygen atoms in total. The number of carboxylic acids is 1. The summed E-state index contributed by atoms with van der Waals surface area (Å²) in [6, 6.07) is -1.34. The Labute approximate surface area is 117 Å². The summed E-state index contributed by atoms with van der Waals surface area (Å²) in [5.41, 5.74) is -1.14. The highest BCUT2D eigenvalue weighted by Crippen LogP contribution is 2.41. The maximum atomic E-state index is 12.3. The van der Waals surface area contributed by atoms with Crippen molar-refractivity contribution in [2.24, 2.45) is 0 Å². The zero-order valence-electron chi connectivity index (χ0n) is 11.3. The molecule has 1 unspecified atom stereocenters. The van der Waals surface area contributed by atoms with Crippen molar-refractivity contribution in [3.63, 3.8) is 0 Å². The van der Waals surface area contributed by atoms with Gasteiger partial charge in [-0.2, -0.15) is 4.31 Å². The molecule has 20 heavy (non-hydrogen) atoms. The summed E-state index contributed by atoms with van der Waals surface area (Å²) in [4.78, 5) is 24.5. The Morgan fingerprint density at radius 3 is 2.45 bits per heavy atom. The summed E-state index contributed by atoms with van der Waals surface area (Å²) >= 11 is 0. The van der Waals surface area contributed by atoms with Crippen molar-refractivity contribution in [2.75, 3.05) is 19.3 Å². The highest BCUT2D eigenvalue weighted by molar-refractivity contribution is 7.88. The third-order valence-electron chi connectivity index (χ3n) is 3.97. The predicted molar refractivity (Wildman–Crippen MR) is 68.3 cm³/mol. The van der Waals surface area contributed by atoms with Crippen LogP contribution in [0.4, 0.5) is 0 Å². The van der Waals surface area contributed by atoms with E-state index in [2.05, 4.69) is 0 Å². The lowest BCUT2D eigenvalue weighted by atomic mass is 9.84. The lowest BCUT2D eigenvalue weighted by molar-refractivity contribution is -0.174. The lowest BCUT2D eigenvalue weighted by Gasteiger charge is -2.52. The van der Waals surface area contributed by atoms with Gasteiger partial charge in [0, 0.05) is 6.54 Å². The second-order valence-corrected chi connectivity index (χ2v) is 7.33. The average Bonchev–Trinajstić information content (AvgIpc) is 2.73. The average molecular weight is 306 g/mol. The van der Waals surface area contributed by atoms with E-state index in [9.17, 15) is 23.1 Å². The molecule has 114 valence electrons. The van der Waals surface area contributed by atoms with E-state index in [1.165, 1.54) is 6.92 Å². The van der Waals surface area contributed by atoms with Gasteiger partial charge in [0.1, 0.15) is 5.54 Å². The van der Waals surface area contributed by atoms with Gasteiger partial charge >= 0.3 is 5.97 Å². The summed E-state index contributed by atoms with van der Waals surface area (Å²) in [6.45, 7) is 1.58. The number of hydrogen-bond donors (Lipinski definition) is 2. The Balaban J connectivity index is 2.25. The molecule has 2 rings (SSSR count). The topological polar surface area (TPSA) is 115 Å². The molecule has 2 aliphatic rings. The van der Waals surface area contributed by atoms with Crippen LogP contribution < -0.4 is 0 Å². The van der Waals surface area contributed by atoms with E-state index in [0.29, 0.717) is 12.8 Å². The molecule has 1 amide bonds. The van der Waals surface area contributed by atoms with Crippen molar-refractivity contribution in [3.05, 3.63) is 0 Å². The molecule has 2 aliphatic heterocycles. The van der Waals surface area contributed by atoms with Crippen LogP contribution >= 0.6 is 0 Å². The minimum absolute atomic E-state index is 0.0147. The lowest BCUT2D eigenvalue weighted by Crippen LogP contribution is -2.76. The number of likely N-dealkylation sites (tertiary alicyclic amines) is 1. The van der Waals surface area contributed by atoms with Crippen molar-refractivity contribution in [3.8, 4) is 0 Å². The quantitative estimate of drug-likeness (QED) is 0.608. The number of aliphatic hydroxyl groups is 1. The summed E-state index contributed by atoms with van der Waals surface area (Å²) in [5, 5.41) is 18.6. The van der Waals surface area contributed by atoms with Crippen LogP contribution in [0.2, 0.25) is 0 Å². The van der Waals surface area contributed by atoms with Gasteiger partial charge in [0.15, 0.2) is 6.04 Å². The summed E-state index contributed by atoms with van der Waals surface area (Å²) in [5.74, 6) is -1.83. The molecule has 0 aromatic carbocycles. The standard InChI is InChI=1S/C11H18N2O6S/c1-7(14)8(9(15)16)12-6-11(10(12)17)4-3-5-13(11)20(2,18)19/h7-8,14H,3-6H2,1-2H3,(H,15,16)/t7-,8+,11?/m1/s1. The molecule has 0 aliphatic carbocycles. The summed E-state index contributed by atoms with van der Waals surface area (Å²) < 4.78 is 24.6. The first-order valence-corrected chi connectivity index (χ1v) is 8.16. The molecule has 2 N–H and O–H groups in total. The van der Waals surface area contributed by atoms with Crippen molar-refractivity contribution < 1.29 is 28.2 Å². The molecular weight excluding hydrogens is 288 g/mol. The monoisotopic (exact) mass is 306 g/mol. The SMILES string of the molecule is C[C@@H](O)[C@@H](C(=O)O)N1CC2(CCCN2S(C)(=O)=O)C1=O. The molecule has 2 fully saturated rings. The Bertz CT molecular complexity index is 545. The van der Waals surface area contributed by atoms with Crippen LogP contribution in [0.3, 0.4) is 0 Å². The van der Waals surface area contributed by atoms with Gasteiger partial charge in [0.2, 0.25) is 15.9 Å². The number of sulfonamides is 1. The molecule has 0 radical (unpaired) electrons. The number of carbonyl (C=O) groups excluding carboxylic acids is 1. The normalized spacial score (nSPS) is 30.4. The number of amides is 1. The number of carbonyl (C=O) groups is 2. The van der Waals surface area contributed by atoms with Crippen LogP contribution in [-0.2, 0) is 19.6 Å². The van der Waals surface area contributed by atoms with Crippen LogP contribution in [0.5, 0.6) is 0 Å². The Morgan fingerprint density at radius 2 is 2.05 bits per heavy atom. The summed E-state index contributed by atoms with van der Waals surface area (Å²) in [6.07, 6.45) is 0.780. The number of aliphatic hydroxyl groups excluding tert-OH is 1. The maximum Gasteiger partial charge on any atom is 0.329 e. The second kappa shape index (κ2) is 4.68. The van der Waals surface area contributed by atoms with E-state index in [1.54, 1.807) is 0 Å². The van der Waals surface area contributed by atoms with E-state index in [0.717, 1.165) is 15.5 Å². The van der Waals surface area contributed by atoms with Gasteiger partial charge in [-0.05, 0) is 19.8 Å². The Morgan fingerprint density at radius 1 is 1.45 bits per heavy atom. The number of aliphatic carboxylic acids is 1. The van der Waals surface area contributed by atoms with Gasteiger partial charge < -0.3 is 15.1 Å². The maximum absolute atomic E-state index is 12.3. The van der Waals surface area contributed by atoms with E-state index in [1.807, 2.05) is 0 Å². The van der Waals surface area contributed by atoms with Gasteiger partial charge in [-0.25, -0.2) is 13.2 Å². The van der Waals surface area contributed by atoms with Crippen molar-refractivity contribution in [2.45, 2.75) is 37.5 Å². The first-order valence-electron chi connectivity index (χ1n) is 6.31. The van der Waals surface area contributed by atoms with Crippen LogP contribution in [0.1, 0.15) is 19.8 Å². The molecule has 0 saturated carbocycles. The molecule has 0 bridgehead atoms. The second-order valence-electron chi connectivity index (χ2n) is 5.43. The summed E-state index contributed by atoms with van der Waals surface area (Å²) in [7, 11) is -3.52. The van der Waals surface area contributed by atoms with Crippen LogP contribution in [0, 0.1) is 0 Å². The highest BCUT2D eigenvalue weighted by Gasteiger charge is 2.63. The molecule has 3 atom stereocenters. The number of nitrogens with zero attached hydrogens (tertiary/aromatic N) is 2. The first kappa shape index (κ1) is 15.2. The fraction of sp³-hybridized carbons (Fsp3) is 0.818. The fourth-order valence-corrected chi connectivity index (χ4v) is 4.45. The predicted octanol–water partition coefficient (Wildman–Crippen LogP) is -1.54. The van der Waals surface area contributed by atoms with Gasteiger partial charge in [0.25, 0.3) is 0 Å². The van der Waals surface area contributed by atoms with Gasteiger partial charge in [0.05, 0.1) is 18.9 Å². The van der Waals surface area contributed by atoms with Crippen molar-refractivity contribution >= 4 is 21.9 Å². The fourth-order valence-electron chi connectivity index (χ4n) is 3.13. The first-order chi connectivity index (χ1) is 9.11. The molecule has 2 saturated heterocycles. The van der Waals surface area contributed by atoms with Crippen LogP contribution in [0.25, 0.3) is 0 Å². The number of hydrogen-bond acceptors (Lipinski definition) is 5.